The maximum absolute atomic E-state index is 12.0. The zero-order chi connectivity index (χ0) is 13.5. The van der Waals surface area contributed by atoms with Crippen LogP contribution < -0.4 is 10.6 Å². The lowest BCUT2D eigenvalue weighted by molar-refractivity contribution is -0.120. The van der Waals surface area contributed by atoms with Crippen LogP contribution in [0.15, 0.2) is 0 Å². The number of piperidine rings is 1. The summed E-state index contributed by atoms with van der Waals surface area (Å²) in [7, 11) is 0. The number of hydrogen-bond donors (Lipinski definition) is 2. The summed E-state index contributed by atoms with van der Waals surface area (Å²) >= 11 is 1.51. The largest absolute Gasteiger partial charge is 0.317 e. The molecule has 0 unspecified atom stereocenters. The van der Waals surface area contributed by atoms with Crippen LogP contribution in [0.25, 0.3) is 0 Å². The van der Waals surface area contributed by atoms with Gasteiger partial charge in [0.1, 0.15) is 5.01 Å². The van der Waals surface area contributed by atoms with Crippen molar-refractivity contribution in [3.8, 4) is 0 Å². The lowest BCUT2D eigenvalue weighted by Crippen LogP contribution is -2.34. The van der Waals surface area contributed by atoms with Gasteiger partial charge < -0.3 is 10.6 Å². The molecule has 1 aliphatic rings. The van der Waals surface area contributed by atoms with Gasteiger partial charge in [-0.05, 0) is 32.4 Å². The van der Waals surface area contributed by atoms with E-state index in [1.54, 1.807) is 0 Å². The number of nitrogens with one attached hydrogen (secondary N) is 2. The van der Waals surface area contributed by atoms with Crippen LogP contribution in [-0.4, -0.2) is 29.2 Å². The van der Waals surface area contributed by atoms with Crippen molar-refractivity contribution < 1.29 is 4.79 Å². The number of aryl methyl sites for hydroxylation is 1. The molecule has 0 spiro atoms. The molecule has 19 heavy (non-hydrogen) atoms. The third kappa shape index (κ3) is 4.54. The first-order valence-electron chi connectivity index (χ1n) is 7.13. The Bertz CT molecular complexity index is 401. The van der Waals surface area contributed by atoms with Gasteiger partial charge in [0.15, 0.2) is 0 Å². The maximum Gasteiger partial charge on any atom is 0.229 e. The summed E-state index contributed by atoms with van der Waals surface area (Å²) in [6.07, 6.45) is 6.36. The molecule has 1 aromatic rings. The zero-order valence-corrected chi connectivity index (χ0v) is 12.3. The molecule has 0 aliphatic carbocycles. The third-order valence-electron chi connectivity index (χ3n) is 3.40. The van der Waals surface area contributed by atoms with E-state index in [2.05, 4.69) is 27.8 Å². The second-order valence-corrected chi connectivity index (χ2v) is 6.03. The van der Waals surface area contributed by atoms with Crippen LogP contribution in [0.2, 0.25) is 0 Å². The highest BCUT2D eigenvalue weighted by Gasteiger charge is 2.21. The van der Waals surface area contributed by atoms with E-state index in [-0.39, 0.29) is 11.8 Å². The molecule has 1 aromatic heterocycles. The number of rotatable bonds is 6. The van der Waals surface area contributed by atoms with Crippen molar-refractivity contribution in [1.29, 1.82) is 0 Å². The van der Waals surface area contributed by atoms with Gasteiger partial charge >= 0.3 is 0 Å². The van der Waals surface area contributed by atoms with Gasteiger partial charge in [-0.3, -0.25) is 4.79 Å². The summed E-state index contributed by atoms with van der Waals surface area (Å²) < 4.78 is 0. The molecule has 6 heteroatoms. The fourth-order valence-electron chi connectivity index (χ4n) is 2.22. The first-order chi connectivity index (χ1) is 9.29. The SMILES string of the molecule is CCCCCc1nnc(NC(=O)C2CCNCC2)s1. The normalized spacial score (nSPS) is 16.5. The fourth-order valence-corrected chi connectivity index (χ4v) is 3.01. The van der Waals surface area contributed by atoms with Crippen LogP contribution in [0.5, 0.6) is 0 Å². The average molecular weight is 282 g/mol. The summed E-state index contributed by atoms with van der Waals surface area (Å²) in [5.74, 6) is 0.214. The van der Waals surface area contributed by atoms with Crippen LogP contribution in [0.4, 0.5) is 5.13 Å². The van der Waals surface area contributed by atoms with Crippen molar-refractivity contribution in [2.24, 2.45) is 5.92 Å². The predicted molar refractivity (Wildman–Crippen MR) is 77.4 cm³/mol. The molecule has 2 heterocycles. The molecule has 1 amide bonds. The molecule has 2 N–H and O–H groups in total. The van der Waals surface area contributed by atoms with Gasteiger partial charge in [0.05, 0.1) is 0 Å². The van der Waals surface area contributed by atoms with Crippen molar-refractivity contribution in [2.75, 3.05) is 18.4 Å². The van der Waals surface area contributed by atoms with Crippen LogP contribution in [0.3, 0.4) is 0 Å². The summed E-state index contributed by atoms with van der Waals surface area (Å²) in [6, 6.07) is 0. The Morgan fingerprint density at radius 2 is 2.16 bits per heavy atom. The lowest BCUT2D eigenvalue weighted by Gasteiger charge is -2.20. The van der Waals surface area contributed by atoms with E-state index in [1.165, 1.54) is 24.2 Å². The van der Waals surface area contributed by atoms with Gasteiger partial charge in [-0.15, -0.1) is 10.2 Å². The van der Waals surface area contributed by atoms with Gasteiger partial charge in [-0.2, -0.15) is 0 Å². The van der Waals surface area contributed by atoms with Gasteiger partial charge in [0, 0.05) is 12.3 Å². The van der Waals surface area contributed by atoms with E-state index >= 15 is 0 Å². The second kappa shape index (κ2) is 7.55. The Labute approximate surface area is 118 Å². The van der Waals surface area contributed by atoms with Crippen molar-refractivity contribution >= 4 is 22.4 Å². The number of amides is 1. The number of hydrogen-bond acceptors (Lipinski definition) is 5. The number of carbonyl (C=O) groups excluding carboxylic acids is 1. The van der Waals surface area contributed by atoms with E-state index in [1.807, 2.05) is 0 Å². The smallest absolute Gasteiger partial charge is 0.229 e. The summed E-state index contributed by atoms with van der Waals surface area (Å²) in [4.78, 5) is 12.0. The minimum atomic E-state index is 0.0951. The second-order valence-electron chi connectivity index (χ2n) is 4.97. The van der Waals surface area contributed by atoms with Crippen molar-refractivity contribution in [3.63, 3.8) is 0 Å². The topological polar surface area (TPSA) is 66.9 Å². The molecule has 1 saturated heterocycles. The van der Waals surface area contributed by atoms with E-state index in [9.17, 15) is 4.79 Å². The Kier molecular flexibility index (Phi) is 5.72. The van der Waals surface area contributed by atoms with Crippen LogP contribution in [0, 0.1) is 5.92 Å². The van der Waals surface area contributed by atoms with Gasteiger partial charge in [0.25, 0.3) is 0 Å². The molecule has 0 bridgehead atoms. The van der Waals surface area contributed by atoms with Gasteiger partial charge in [-0.1, -0.05) is 31.1 Å². The quantitative estimate of drug-likeness (QED) is 0.785. The highest BCUT2D eigenvalue weighted by atomic mass is 32.1. The third-order valence-corrected chi connectivity index (χ3v) is 4.30. The molecule has 2 rings (SSSR count). The van der Waals surface area contributed by atoms with Gasteiger partial charge in [-0.25, -0.2) is 0 Å². The first-order valence-corrected chi connectivity index (χ1v) is 7.95. The number of anilines is 1. The molecule has 5 nitrogen and oxygen atoms in total. The molecule has 1 aliphatic heterocycles. The van der Waals surface area contributed by atoms with Crippen LogP contribution in [-0.2, 0) is 11.2 Å². The molecule has 0 atom stereocenters. The fraction of sp³-hybridized carbons (Fsp3) is 0.769. The summed E-state index contributed by atoms with van der Waals surface area (Å²) in [5, 5.41) is 16.0. The maximum atomic E-state index is 12.0. The molecule has 0 saturated carbocycles. The molecular weight excluding hydrogens is 260 g/mol. The Morgan fingerprint density at radius 3 is 2.89 bits per heavy atom. The van der Waals surface area contributed by atoms with E-state index in [0.29, 0.717) is 5.13 Å². The molecule has 0 aromatic carbocycles. The minimum absolute atomic E-state index is 0.0951. The van der Waals surface area contributed by atoms with E-state index in [0.717, 1.165) is 43.8 Å². The monoisotopic (exact) mass is 282 g/mol. The number of nitrogens with zero attached hydrogens (tertiary/aromatic N) is 2. The van der Waals surface area contributed by atoms with Crippen molar-refractivity contribution in [1.82, 2.24) is 15.5 Å². The number of unbranched alkanes of at least 4 members (excludes halogenated alkanes) is 2. The molecule has 106 valence electrons. The average Bonchev–Trinajstić information content (AvgIpc) is 2.88. The Hall–Kier alpha value is -1.01. The number of carbonyl (C=O) groups is 1. The highest BCUT2D eigenvalue weighted by molar-refractivity contribution is 7.15. The summed E-state index contributed by atoms with van der Waals surface area (Å²) in [6.45, 7) is 4.04. The van der Waals surface area contributed by atoms with Crippen molar-refractivity contribution in [2.45, 2.75) is 45.4 Å². The Balaban J connectivity index is 1.80. The van der Waals surface area contributed by atoms with E-state index in [4.69, 9.17) is 0 Å². The van der Waals surface area contributed by atoms with Crippen LogP contribution in [0.1, 0.15) is 44.0 Å². The zero-order valence-electron chi connectivity index (χ0n) is 11.4. The summed E-state index contributed by atoms with van der Waals surface area (Å²) in [5.41, 5.74) is 0. The van der Waals surface area contributed by atoms with Crippen LogP contribution >= 0.6 is 11.3 Å². The van der Waals surface area contributed by atoms with E-state index < -0.39 is 0 Å². The predicted octanol–water partition coefficient (Wildman–Crippen LogP) is 2.21. The Morgan fingerprint density at radius 1 is 1.37 bits per heavy atom. The molecule has 0 radical (unpaired) electrons. The highest BCUT2D eigenvalue weighted by Crippen LogP contribution is 2.20. The molecule has 1 fully saturated rings. The minimum Gasteiger partial charge on any atom is -0.317 e. The standard InChI is InChI=1S/C13H22N4OS/c1-2-3-4-5-11-16-17-13(19-11)15-12(18)10-6-8-14-9-7-10/h10,14H,2-9H2,1H3,(H,15,17,18). The molecular formula is C13H22N4OS. The van der Waals surface area contributed by atoms with Gasteiger partial charge in [0.2, 0.25) is 11.0 Å². The van der Waals surface area contributed by atoms with Crippen molar-refractivity contribution in [3.05, 3.63) is 5.01 Å². The number of aromatic nitrogens is 2. The first kappa shape index (κ1) is 14.4. The lowest BCUT2D eigenvalue weighted by atomic mass is 9.97.